The van der Waals surface area contributed by atoms with Crippen LogP contribution < -0.4 is 5.32 Å². The number of halogens is 3. The number of anilines is 1. The molecule has 0 saturated carbocycles. The van der Waals surface area contributed by atoms with Crippen LogP contribution >= 0.6 is 34.8 Å². The fourth-order valence-electron chi connectivity index (χ4n) is 0.973. The van der Waals surface area contributed by atoms with E-state index in [9.17, 15) is 9.59 Å². The van der Waals surface area contributed by atoms with Gasteiger partial charge in [0.1, 0.15) is 0 Å². The van der Waals surface area contributed by atoms with Gasteiger partial charge in [-0.2, -0.15) is 0 Å². The molecule has 2 N–H and O–H groups in total. The molecule has 0 aliphatic carbocycles. The molecule has 0 aromatic heterocycles. The molecule has 1 rings (SSSR count). The van der Waals surface area contributed by atoms with Crippen LogP contribution in [0.1, 0.15) is 0 Å². The van der Waals surface area contributed by atoms with E-state index < -0.39 is 31.6 Å². The van der Waals surface area contributed by atoms with Gasteiger partial charge in [0.15, 0.2) is 0 Å². The van der Waals surface area contributed by atoms with Gasteiger partial charge in [-0.05, 0) is 12.1 Å². The predicted molar refractivity (Wildman–Crippen MR) is 90.2 cm³/mol. The summed E-state index contributed by atoms with van der Waals surface area (Å²) < 4.78 is 0. The van der Waals surface area contributed by atoms with Gasteiger partial charge < -0.3 is 10.4 Å². The van der Waals surface area contributed by atoms with Gasteiger partial charge in [-0.15, -0.1) is 0 Å². The van der Waals surface area contributed by atoms with E-state index in [-0.39, 0.29) is 15.7 Å². The number of benzene rings is 1. The molecule has 115 valence electrons. The van der Waals surface area contributed by atoms with Crippen molar-refractivity contribution in [3.05, 3.63) is 39.4 Å². The Labute approximate surface area is 145 Å². The molecule has 4 nitrogen and oxygen atoms in total. The molecule has 0 spiro atoms. The molecule has 0 saturated heterocycles. The summed E-state index contributed by atoms with van der Waals surface area (Å²) in [7, 11) is 0. The number of carboxylic acids is 1. The summed E-state index contributed by atoms with van der Waals surface area (Å²) in [5.41, 5.74) is 0.178. The van der Waals surface area contributed by atoms with E-state index >= 15 is 0 Å². The van der Waals surface area contributed by atoms with Crippen molar-refractivity contribution in [2.24, 2.45) is 0 Å². The summed E-state index contributed by atoms with van der Waals surface area (Å²) in [6.07, 6.45) is 1.55. The van der Waals surface area contributed by atoms with E-state index in [1.165, 1.54) is 12.1 Å². The van der Waals surface area contributed by atoms with Crippen LogP contribution in [0.3, 0.4) is 0 Å². The molecule has 0 bridgehead atoms. The van der Waals surface area contributed by atoms with E-state index in [0.717, 1.165) is 6.08 Å². The first-order valence-corrected chi connectivity index (χ1v) is 15.5. The fraction of sp³-hybridized carbons (Fsp3) is 0.231. The molecule has 0 heterocycles. The van der Waals surface area contributed by atoms with Gasteiger partial charge in [0, 0.05) is 17.2 Å². The zero-order valence-corrected chi connectivity index (χ0v) is 16.8. The summed E-state index contributed by atoms with van der Waals surface area (Å²) in [6.45, 7) is 0. The van der Waals surface area contributed by atoms with Crippen LogP contribution in [0.5, 0.6) is 0 Å². The van der Waals surface area contributed by atoms with E-state index in [2.05, 4.69) is 20.1 Å². The van der Waals surface area contributed by atoms with E-state index in [4.69, 9.17) is 39.9 Å². The molecule has 1 aromatic rings. The van der Waals surface area contributed by atoms with Crippen molar-refractivity contribution in [1.29, 1.82) is 0 Å². The first kappa shape index (κ1) is 20.6. The quantitative estimate of drug-likeness (QED) is 0.514. The molecular weight excluding hydrogens is 443 g/mol. The molecule has 0 atom stereocenters. The normalized spacial score (nSPS) is 10.2. The second kappa shape index (κ2) is 10.3. The molecule has 21 heavy (non-hydrogen) atoms. The van der Waals surface area contributed by atoms with Crippen LogP contribution in [0.4, 0.5) is 5.69 Å². The van der Waals surface area contributed by atoms with Crippen LogP contribution in [0.2, 0.25) is 29.9 Å². The number of hydrogen-bond acceptors (Lipinski definition) is 2. The Bertz CT molecular complexity index is 522. The number of carbonyl (C=O) groups excluding carboxylic acids is 1. The standard InChI is InChI=1S/C10H6Cl3NO3.3CH3.Sn/c11-5-3-6(12)10(7(13)4-5)14-8(15)1-2-9(16)17;;;;/h1-4H,(H,14,15)(H,16,17);3*1H3;/b2-1+;;;;. The minimum atomic E-state index is -1.23. The second-order valence-electron chi connectivity index (χ2n) is 4.41. The third-order valence-electron chi connectivity index (χ3n) is 1.63. The first-order chi connectivity index (χ1) is 9.63. The third-order valence-corrected chi connectivity index (χ3v) is 2.45. The Balaban J connectivity index is 0.000000885. The Morgan fingerprint density at radius 3 is 1.90 bits per heavy atom. The summed E-state index contributed by atoms with van der Waals surface area (Å²) >= 11 is 16.8. The number of amides is 1. The Hall–Kier alpha value is -0.431. The number of carboxylic acid groups (broad SMARTS) is 1. The van der Waals surface area contributed by atoms with Gasteiger partial charge in [-0.25, -0.2) is 4.79 Å². The molecule has 1 radical (unpaired) electrons. The maximum atomic E-state index is 11.3. The fourth-order valence-corrected chi connectivity index (χ4v) is 1.88. The second-order valence-corrected chi connectivity index (χ2v) is 14.2. The summed E-state index contributed by atoms with van der Waals surface area (Å²) in [6, 6.07) is 2.82. The van der Waals surface area contributed by atoms with Gasteiger partial charge in [0.2, 0.25) is 5.91 Å². The Morgan fingerprint density at radius 2 is 1.52 bits per heavy atom. The molecule has 0 aliphatic heterocycles. The van der Waals surface area contributed by atoms with Crippen LogP contribution in [0, 0.1) is 0 Å². The van der Waals surface area contributed by atoms with Crippen LogP contribution in [0.25, 0.3) is 0 Å². The monoisotopic (exact) mass is 458 g/mol. The van der Waals surface area contributed by atoms with Crippen molar-refractivity contribution in [2.75, 3.05) is 5.32 Å². The molecule has 1 amide bonds. The minimum absolute atomic E-state index is 0.166. The molecule has 8 heteroatoms. The van der Waals surface area contributed by atoms with E-state index in [1.54, 1.807) is 0 Å². The van der Waals surface area contributed by atoms with E-state index in [1.807, 2.05) is 0 Å². The van der Waals surface area contributed by atoms with Crippen molar-refractivity contribution in [1.82, 2.24) is 0 Å². The number of rotatable bonds is 3. The van der Waals surface area contributed by atoms with Crippen LogP contribution in [-0.4, -0.2) is 36.7 Å². The predicted octanol–water partition coefficient (Wildman–Crippen LogP) is 4.60. The van der Waals surface area contributed by atoms with Gasteiger partial charge in [-0.3, -0.25) is 4.79 Å². The first-order valence-electron chi connectivity index (χ1n) is 5.76. The van der Waals surface area contributed by atoms with Gasteiger partial charge >= 0.3 is 40.5 Å². The molecule has 0 aliphatic rings. The Kier molecular flexibility index (Phi) is 10.1. The number of hydrogen-bond donors (Lipinski definition) is 2. The zero-order valence-electron chi connectivity index (χ0n) is 11.7. The van der Waals surface area contributed by atoms with Gasteiger partial charge in [0.05, 0.1) is 15.7 Å². The van der Waals surface area contributed by atoms with Crippen LogP contribution in [0.15, 0.2) is 24.3 Å². The van der Waals surface area contributed by atoms with E-state index in [0.29, 0.717) is 11.1 Å². The Morgan fingerprint density at radius 1 is 1.10 bits per heavy atom. The maximum absolute atomic E-state index is 11.3. The number of carbonyl (C=O) groups is 2. The van der Waals surface area contributed by atoms with Crippen molar-refractivity contribution >= 4 is 72.1 Å². The average molecular weight is 458 g/mol. The SMILES string of the molecule is O=C(O)/C=C/C(=O)Nc1c(Cl)cc(Cl)cc1Cl.[CH3][Sn]([CH3])[CH3]. The molecule has 0 fully saturated rings. The van der Waals surface area contributed by atoms with Crippen molar-refractivity contribution < 1.29 is 14.7 Å². The molecule has 1 aromatic carbocycles. The average Bonchev–Trinajstić information content (AvgIpc) is 2.30. The number of aliphatic carboxylic acids is 1. The number of nitrogens with one attached hydrogen (secondary N) is 1. The topological polar surface area (TPSA) is 66.4 Å². The third kappa shape index (κ3) is 10.0. The van der Waals surface area contributed by atoms with Crippen molar-refractivity contribution in [3.8, 4) is 0 Å². The molecule has 0 unspecified atom stereocenters. The summed E-state index contributed by atoms with van der Waals surface area (Å²) in [4.78, 5) is 28.6. The van der Waals surface area contributed by atoms with Crippen molar-refractivity contribution in [2.45, 2.75) is 14.8 Å². The van der Waals surface area contributed by atoms with Crippen LogP contribution in [-0.2, 0) is 9.59 Å². The van der Waals surface area contributed by atoms with Gasteiger partial charge in [-0.1, -0.05) is 34.8 Å². The molecular formula is C13H15Cl3NO3Sn. The van der Waals surface area contributed by atoms with Gasteiger partial charge in [0.25, 0.3) is 0 Å². The summed E-state index contributed by atoms with van der Waals surface area (Å²) in [5, 5.41) is 11.4. The van der Waals surface area contributed by atoms with Crippen molar-refractivity contribution in [3.63, 3.8) is 0 Å². The zero-order chi connectivity index (χ0) is 16.6. The summed E-state index contributed by atoms with van der Waals surface area (Å²) in [5.74, 6) is -1.88.